The molecule has 0 saturated carbocycles. The molecule has 0 N–H and O–H groups in total. The van der Waals surface area contributed by atoms with Gasteiger partial charge in [-0.2, -0.15) is 8.78 Å². The fraction of sp³-hybridized carbons (Fsp3) is 0.250. The Morgan fingerprint density at radius 3 is 1.90 bits per heavy atom. The van der Waals surface area contributed by atoms with E-state index in [9.17, 15) is 17.6 Å². The van der Waals surface area contributed by atoms with Crippen molar-refractivity contribution >= 4 is 15.9 Å². The minimum Gasteiger partial charge on any atom is -0.204 e. The lowest BCUT2D eigenvalue weighted by Crippen LogP contribution is -2.31. The monoisotopic (exact) mass is 360 g/mol. The van der Waals surface area contributed by atoms with Gasteiger partial charge in [0.2, 0.25) is 0 Å². The maximum Gasteiger partial charge on any atom is 0.323 e. The van der Waals surface area contributed by atoms with Crippen molar-refractivity contribution in [3.8, 4) is 0 Å². The number of benzene rings is 2. The van der Waals surface area contributed by atoms with E-state index >= 15 is 0 Å². The van der Waals surface area contributed by atoms with Crippen LogP contribution in [-0.2, 0) is 6.42 Å². The van der Waals surface area contributed by atoms with Crippen LogP contribution in [-0.4, -0.2) is 12.3 Å². The maximum atomic E-state index is 13.3. The van der Waals surface area contributed by atoms with E-state index < -0.39 is 17.2 Å². The Labute approximate surface area is 128 Å². The second-order valence-electron chi connectivity index (χ2n) is 4.74. The minimum atomic E-state index is -4.10. The van der Waals surface area contributed by atoms with E-state index in [0.29, 0.717) is 6.42 Å². The van der Waals surface area contributed by atoms with Gasteiger partial charge in [0.1, 0.15) is 4.83 Å². The highest BCUT2D eigenvalue weighted by molar-refractivity contribution is 9.09. The number of alkyl halides is 5. The van der Waals surface area contributed by atoms with Crippen LogP contribution in [0.3, 0.4) is 0 Å². The van der Waals surface area contributed by atoms with Crippen molar-refractivity contribution in [1.82, 2.24) is 0 Å². The molecule has 2 aromatic rings. The summed E-state index contributed by atoms with van der Waals surface area (Å²) in [6.07, 6.45) is -3.04. The topological polar surface area (TPSA) is 0 Å². The molecule has 2 aromatic carbocycles. The summed E-state index contributed by atoms with van der Waals surface area (Å²) in [4.78, 5) is -1.70. The van der Waals surface area contributed by atoms with E-state index in [4.69, 9.17) is 0 Å². The van der Waals surface area contributed by atoms with Gasteiger partial charge in [0, 0.05) is 0 Å². The van der Waals surface area contributed by atoms with Crippen LogP contribution >= 0.6 is 15.9 Å². The summed E-state index contributed by atoms with van der Waals surface area (Å²) < 4.78 is 51.2. The Hall–Kier alpha value is -1.36. The Kier molecular flexibility index (Phi) is 5.04. The Morgan fingerprint density at radius 2 is 1.38 bits per heavy atom. The lowest BCUT2D eigenvalue weighted by Gasteiger charge is -2.21. The molecular weight excluding hydrogens is 348 g/mol. The average molecular weight is 361 g/mol. The molecule has 0 bridgehead atoms. The summed E-state index contributed by atoms with van der Waals surface area (Å²) in [7, 11) is 0. The molecule has 0 radical (unpaired) electrons. The lowest BCUT2D eigenvalue weighted by atomic mass is 10.0. The summed E-state index contributed by atoms with van der Waals surface area (Å²) >= 11 is 2.67. The molecule has 0 aliphatic heterocycles. The first-order valence-electron chi connectivity index (χ1n) is 6.34. The van der Waals surface area contributed by atoms with E-state index in [1.807, 2.05) is 30.3 Å². The quantitative estimate of drug-likeness (QED) is 0.479. The molecule has 0 heterocycles. The van der Waals surface area contributed by atoms with Crippen LogP contribution in [0, 0.1) is 0 Å². The number of hydrogen-bond acceptors (Lipinski definition) is 0. The van der Waals surface area contributed by atoms with Crippen LogP contribution in [0.4, 0.5) is 17.6 Å². The number of hydrogen-bond donors (Lipinski definition) is 0. The summed E-state index contributed by atoms with van der Waals surface area (Å²) in [5, 5.41) is 0. The molecule has 0 amide bonds. The normalized spacial score (nSPS) is 13.4. The van der Waals surface area contributed by atoms with Gasteiger partial charge in [0.25, 0.3) is 0 Å². The predicted molar refractivity (Wildman–Crippen MR) is 78.3 cm³/mol. The smallest absolute Gasteiger partial charge is 0.204 e. The van der Waals surface area contributed by atoms with Gasteiger partial charge in [0.05, 0.1) is 0 Å². The molecule has 1 atom stereocenters. The first kappa shape index (κ1) is 16.0. The molecule has 0 aliphatic carbocycles. The van der Waals surface area contributed by atoms with Crippen LogP contribution in [0.2, 0.25) is 0 Å². The van der Waals surface area contributed by atoms with E-state index in [-0.39, 0.29) is 5.56 Å². The third kappa shape index (κ3) is 3.84. The highest BCUT2D eigenvalue weighted by Crippen LogP contribution is 2.42. The van der Waals surface area contributed by atoms with Gasteiger partial charge in [-0.3, -0.25) is 0 Å². The maximum absolute atomic E-state index is 13.3. The van der Waals surface area contributed by atoms with Crippen molar-refractivity contribution in [1.29, 1.82) is 0 Å². The van der Waals surface area contributed by atoms with Gasteiger partial charge < -0.3 is 0 Å². The van der Waals surface area contributed by atoms with Crippen molar-refractivity contribution in [3.05, 3.63) is 71.3 Å². The van der Waals surface area contributed by atoms with E-state index in [1.54, 1.807) is 12.1 Å². The van der Waals surface area contributed by atoms with Crippen molar-refractivity contribution in [2.75, 3.05) is 0 Å². The van der Waals surface area contributed by atoms with Crippen molar-refractivity contribution in [2.24, 2.45) is 0 Å². The highest BCUT2D eigenvalue weighted by atomic mass is 79.9. The largest absolute Gasteiger partial charge is 0.323 e. The first-order chi connectivity index (χ1) is 9.91. The number of halogens is 5. The average Bonchev–Trinajstić information content (AvgIpc) is 2.48. The SMILES string of the molecule is FC(F)C(F)(F)C(Br)c1ccc(Cc2ccccc2)cc1. The fourth-order valence-corrected chi connectivity index (χ4v) is 2.47. The zero-order chi connectivity index (χ0) is 15.5. The Morgan fingerprint density at radius 1 is 0.857 bits per heavy atom. The molecule has 0 nitrogen and oxygen atoms in total. The molecule has 0 fully saturated rings. The van der Waals surface area contributed by atoms with Crippen molar-refractivity contribution in [2.45, 2.75) is 23.6 Å². The van der Waals surface area contributed by atoms with Gasteiger partial charge in [-0.05, 0) is 23.1 Å². The molecule has 0 aromatic heterocycles. The summed E-state index contributed by atoms with van der Waals surface area (Å²) in [6, 6.07) is 15.9. The highest BCUT2D eigenvalue weighted by Gasteiger charge is 2.48. The third-order valence-electron chi connectivity index (χ3n) is 3.15. The van der Waals surface area contributed by atoms with Crippen LogP contribution in [0.5, 0.6) is 0 Å². The standard InChI is InChI=1S/C16H13BrF4/c17-14(16(20,21)15(18)19)13-8-6-12(7-9-13)10-11-4-2-1-3-5-11/h1-9,14-15H,10H2. The van der Waals surface area contributed by atoms with Gasteiger partial charge in [-0.1, -0.05) is 70.5 Å². The zero-order valence-corrected chi connectivity index (χ0v) is 12.5. The Bertz CT molecular complexity index is 567. The molecule has 0 spiro atoms. The third-order valence-corrected chi connectivity index (χ3v) is 4.29. The molecule has 0 saturated heterocycles. The summed E-state index contributed by atoms with van der Waals surface area (Å²) in [5.41, 5.74) is 2.17. The molecule has 1 unspecified atom stereocenters. The van der Waals surface area contributed by atoms with Crippen molar-refractivity contribution in [3.63, 3.8) is 0 Å². The van der Waals surface area contributed by atoms with Gasteiger partial charge in [-0.15, -0.1) is 0 Å². The van der Waals surface area contributed by atoms with Crippen LogP contribution < -0.4 is 0 Å². The molecule has 5 heteroatoms. The number of rotatable bonds is 5. The first-order valence-corrected chi connectivity index (χ1v) is 7.25. The predicted octanol–water partition coefficient (Wildman–Crippen LogP) is 5.61. The van der Waals surface area contributed by atoms with Gasteiger partial charge in [-0.25, -0.2) is 8.78 Å². The molecule has 2 rings (SSSR count). The van der Waals surface area contributed by atoms with Crippen LogP contribution in [0.25, 0.3) is 0 Å². The van der Waals surface area contributed by atoms with Gasteiger partial charge in [0.15, 0.2) is 0 Å². The lowest BCUT2D eigenvalue weighted by molar-refractivity contribution is -0.127. The second-order valence-corrected chi connectivity index (χ2v) is 5.66. The fourth-order valence-electron chi connectivity index (χ4n) is 1.97. The second kappa shape index (κ2) is 6.60. The van der Waals surface area contributed by atoms with Crippen molar-refractivity contribution < 1.29 is 17.6 Å². The summed E-state index contributed by atoms with van der Waals surface area (Å²) in [5.74, 6) is -4.10. The van der Waals surface area contributed by atoms with Crippen LogP contribution in [0.1, 0.15) is 21.5 Å². The van der Waals surface area contributed by atoms with E-state index in [1.165, 1.54) is 12.1 Å². The molecule has 112 valence electrons. The zero-order valence-electron chi connectivity index (χ0n) is 10.9. The van der Waals surface area contributed by atoms with Gasteiger partial charge >= 0.3 is 12.3 Å². The molecule has 0 aliphatic rings. The van der Waals surface area contributed by atoms with E-state index in [0.717, 1.165) is 11.1 Å². The molecular formula is C16H13BrF4. The minimum absolute atomic E-state index is 0.136. The molecule has 21 heavy (non-hydrogen) atoms. The Balaban J connectivity index is 2.12. The van der Waals surface area contributed by atoms with Crippen LogP contribution in [0.15, 0.2) is 54.6 Å². The van der Waals surface area contributed by atoms with E-state index in [2.05, 4.69) is 15.9 Å². The summed E-state index contributed by atoms with van der Waals surface area (Å²) in [6.45, 7) is 0.